The van der Waals surface area contributed by atoms with E-state index in [0.29, 0.717) is 5.69 Å². The first-order chi connectivity index (χ1) is 13.9. The van der Waals surface area contributed by atoms with Crippen molar-refractivity contribution in [2.24, 2.45) is 0 Å². The summed E-state index contributed by atoms with van der Waals surface area (Å²) in [4.78, 5) is 55.8. The molecule has 1 saturated carbocycles. The van der Waals surface area contributed by atoms with E-state index in [1.54, 1.807) is 17.2 Å². The number of hydrogen-bond acceptors (Lipinski definition) is 6. The largest absolute Gasteiger partial charge is 0.330 e. The molecule has 9 nitrogen and oxygen atoms in total. The lowest BCUT2D eigenvalue weighted by Crippen LogP contribution is -2.44. The molecule has 29 heavy (non-hydrogen) atoms. The second-order valence-corrected chi connectivity index (χ2v) is 7.12. The molecule has 9 heteroatoms. The SMILES string of the molecule is C[C@H](c1ccccn1)N(C(=O)CN1C(=O)c2cccc([N+](=O)[O-])c2C1=O)C1CC1. The number of amides is 3. The predicted molar refractivity (Wildman–Crippen MR) is 101 cm³/mol. The van der Waals surface area contributed by atoms with Crippen LogP contribution >= 0.6 is 0 Å². The molecule has 1 aliphatic carbocycles. The van der Waals surface area contributed by atoms with E-state index in [2.05, 4.69) is 4.98 Å². The van der Waals surface area contributed by atoms with E-state index in [-0.39, 0.29) is 29.1 Å². The molecule has 0 spiro atoms. The number of carbonyl (C=O) groups is 3. The average molecular weight is 394 g/mol. The molecular weight excluding hydrogens is 376 g/mol. The van der Waals surface area contributed by atoms with Crippen molar-refractivity contribution in [3.8, 4) is 0 Å². The van der Waals surface area contributed by atoms with Crippen molar-refractivity contribution >= 4 is 23.4 Å². The predicted octanol–water partition coefficient (Wildman–Crippen LogP) is 2.34. The molecule has 3 amide bonds. The highest BCUT2D eigenvalue weighted by Gasteiger charge is 2.44. The Hall–Kier alpha value is -3.62. The minimum absolute atomic E-state index is 0.0315. The first kappa shape index (κ1) is 18.7. The van der Waals surface area contributed by atoms with Gasteiger partial charge in [0.15, 0.2) is 0 Å². The average Bonchev–Trinajstić information content (AvgIpc) is 3.52. The lowest BCUT2D eigenvalue weighted by atomic mass is 10.1. The number of carbonyl (C=O) groups excluding carboxylic acids is 3. The molecule has 2 aromatic rings. The number of imide groups is 1. The molecule has 1 fully saturated rings. The van der Waals surface area contributed by atoms with Crippen LogP contribution in [0.3, 0.4) is 0 Å². The summed E-state index contributed by atoms with van der Waals surface area (Å²) >= 11 is 0. The summed E-state index contributed by atoms with van der Waals surface area (Å²) < 4.78 is 0. The molecule has 1 atom stereocenters. The fourth-order valence-electron chi connectivity index (χ4n) is 3.68. The maximum atomic E-state index is 13.1. The third-order valence-corrected chi connectivity index (χ3v) is 5.23. The highest BCUT2D eigenvalue weighted by atomic mass is 16.6. The summed E-state index contributed by atoms with van der Waals surface area (Å²) in [5.41, 5.74) is -0.0266. The summed E-state index contributed by atoms with van der Waals surface area (Å²) in [6, 6.07) is 9.04. The summed E-state index contributed by atoms with van der Waals surface area (Å²) in [5.74, 6) is -1.89. The van der Waals surface area contributed by atoms with Crippen LogP contribution in [0, 0.1) is 10.1 Å². The maximum absolute atomic E-state index is 13.1. The summed E-state index contributed by atoms with van der Waals surface area (Å²) in [7, 11) is 0. The standard InChI is InChI=1S/C20H18N4O5/c1-12(15-6-2-3-10-21-15)23(13-8-9-13)17(25)11-22-19(26)14-5-4-7-16(24(28)29)18(14)20(22)27/h2-7,10,12-13H,8-9,11H2,1H3/t12-/m1/s1. The van der Waals surface area contributed by atoms with Gasteiger partial charge in [0.25, 0.3) is 17.5 Å². The number of nitro benzene ring substituents is 1. The highest BCUT2D eigenvalue weighted by molar-refractivity contribution is 6.24. The number of nitro groups is 1. The maximum Gasteiger partial charge on any atom is 0.282 e. The molecule has 0 bridgehead atoms. The van der Waals surface area contributed by atoms with Gasteiger partial charge in [0.2, 0.25) is 5.91 Å². The Morgan fingerprint density at radius 1 is 1.24 bits per heavy atom. The Morgan fingerprint density at radius 2 is 2.00 bits per heavy atom. The third kappa shape index (κ3) is 3.24. The zero-order chi connectivity index (χ0) is 20.7. The molecule has 1 aromatic heterocycles. The van der Waals surface area contributed by atoms with Crippen LogP contribution in [0.2, 0.25) is 0 Å². The van der Waals surface area contributed by atoms with Gasteiger partial charge in [0.05, 0.1) is 22.2 Å². The molecule has 1 aromatic carbocycles. The van der Waals surface area contributed by atoms with Crippen LogP contribution in [0.5, 0.6) is 0 Å². The van der Waals surface area contributed by atoms with E-state index in [1.165, 1.54) is 18.2 Å². The number of pyridine rings is 1. The van der Waals surface area contributed by atoms with Crippen molar-refractivity contribution < 1.29 is 19.3 Å². The van der Waals surface area contributed by atoms with Crippen LogP contribution in [0.25, 0.3) is 0 Å². The zero-order valence-electron chi connectivity index (χ0n) is 15.6. The Morgan fingerprint density at radius 3 is 2.62 bits per heavy atom. The topological polar surface area (TPSA) is 114 Å². The summed E-state index contributed by atoms with van der Waals surface area (Å²) in [5, 5.41) is 11.2. The third-order valence-electron chi connectivity index (χ3n) is 5.23. The van der Waals surface area contributed by atoms with Crippen molar-refractivity contribution in [2.45, 2.75) is 31.8 Å². The van der Waals surface area contributed by atoms with Gasteiger partial charge in [-0.25, -0.2) is 0 Å². The van der Waals surface area contributed by atoms with Crippen molar-refractivity contribution in [3.63, 3.8) is 0 Å². The summed E-state index contributed by atoms with van der Waals surface area (Å²) in [6.45, 7) is 1.39. The van der Waals surface area contributed by atoms with Gasteiger partial charge in [-0.15, -0.1) is 0 Å². The number of benzene rings is 1. The van der Waals surface area contributed by atoms with Crippen molar-refractivity contribution in [1.29, 1.82) is 0 Å². The van der Waals surface area contributed by atoms with Crippen molar-refractivity contribution in [1.82, 2.24) is 14.8 Å². The zero-order valence-corrected chi connectivity index (χ0v) is 15.6. The van der Waals surface area contributed by atoms with E-state index >= 15 is 0 Å². The molecule has 2 heterocycles. The van der Waals surface area contributed by atoms with Gasteiger partial charge in [0.1, 0.15) is 12.1 Å². The fourth-order valence-corrected chi connectivity index (χ4v) is 3.68. The quantitative estimate of drug-likeness (QED) is 0.422. The Balaban J connectivity index is 1.59. The normalized spacial score (nSPS) is 16.5. The molecule has 148 valence electrons. The van der Waals surface area contributed by atoms with E-state index in [9.17, 15) is 24.5 Å². The van der Waals surface area contributed by atoms with Crippen LogP contribution in [-0.4, -0.2) is 50.0 Å². The van der Waals surface area contributed by atoms with E-state index < -0.39 is 29.0 Å². The van der Waals surface area contributed by atoms with E-state index in [1.807, 2.05) is 19.1 Å². The highest BCUT2D eigenvalue weighted by Crippen LogP contribution is 2.35. The van der Waals surface area contributed by atoms with Gasteiger partial charge in [-0.3, -0.25) is 34.4 Å². The first-order valence-corrected chi connectivity index (χ1v) is 9.26. The molecule has 0 unspecified atom stereocenters. The van der Waals surface area contributed by atoms with Gasteiger partial charge in [-0.05, 0) is 38.0 Å². The van der Waals surface area contributed by atoms with Crippen LogP contribution in [0.15, 0.2) is 42.6 Å². The van der Waals surface area contributed by atoms with Crippen LogP contribution in [0.1, 0.15) is 52.2 Å². The van der Waals surface area contributed by atoms with Crippen molar-refractivity contribution in [2.75, 3.05) is 6.54 Å². The number of rotatable bonds is 6. The van der Waals surface area contributed by atoms with Crippen molar-refractivity contribution in [3.05, 3.63) is 69.5 Å². The molecule has 0 radical (unpaired) electrons. The fraction of sp³-hybridized carbons (Fsp3) is 0.300. The molecule has 2 aliphatic rings. The summed E-state index contributed by atoms with van der Waals surface area (Å²) in [6.07, 6.45) is 3.33. The van der Waals surface area contributed by atoms with Gasteiger partial charge >= 0.3 is 0 Å². The lowest BCUT2D eigenvalue weighted by Gasteiger charge is -2.30. The Bertz CT molecular complexity index is 1020. The monoisotopic (exact) mass is 394 g/mol. The minimum atomic E-state index is -0.813. The molecule has 0 N–H and O–H groups in total. The molecule has 4 rings (SSSR count). The molecule has 1 aliphatic heterocycles. The van der Waals surface area contributed by atoms with Gasteiger partial charge < -0.3 is 4.90 Å². The van der Waals surface area contributed by atoms with Crippen LogP contribution in [0.4, 0.5) is 5.69 Å². The smallest absolute Gasteiger partial charge is 0.282 e. The van der Waals surface area contributed by atoms with Gasteiger partial charge in [-0.1, -0.05) is 12.1 Å². The number of aromatic nitrogens is 1. The van der Waals surface area contributed by atoms with Gasteiger partial charge in [-0.2, -0.15) is 0 Å². The number of nitrogens with zero attached hydrogens (tertiary/aromatic N) is 4. The number of fused-ring (bicyclic) bond motifs is 1. The lowest BCUT2D eigenvalue weighted by molar-refractivity contribution is -0.385. The van der Waals surface area contributed by atoms with Crippen LogP contribution in [-0.2, 0) is 4.79 Å². The molecule has 0 saturated heterocycles. The minimum Gasteiger partial charge on any atom is -0.330 e. The second kappa shape index (κ2) is 7.08. The van der Waals surface area contributed by atoms with E-state index in [4.69, 9.17) is 0 Å². The molecular formula is C20H18N4O5. The van der Waals surface area contributed by atoms with E-state index in [0.717, 1.165) is 17.7 Å². The second-order valence-electron chi connectivity index (χ2n) is 7.12. The van der Waals surface area contributed by atoms with Gasteiger partial charge in [0, 0.05) is 18.3 Å². The number of hydrogen-bond donors (Lipinski definition) is 0. The van der Waals surface area contributed by atoms with Crippen LogP contribution < -0.4 is 0 Å². The Kier molecular flexibility index (Phi) is 4.57. The first-order valence-electron chi connectivity index (χ1n) is 9.26. The Labute approximate surface area is 166 Å².